The van der Waals surface area contributed by atoms with Gasteiger partial charge < -0.3 is 19.7 Å². The molecule has 7 nitrogen and oxygen atoms in total. The summed E-state index contributed by atoms with van der Waals surface area (Å²) in [6, 6.07) is 5.50. The number of ether oxygens (including phenoxy) is 2. The maximum absolute atomic E-state index is 12.3. The number of hydrogen-bond donors (Lipinski definition) is 1. The first-order valence-corrected chi connectivity index (χ1v) is 11.8. The first-order chi connectivity index (χ1) is 15.3. The second-order valence-corrected chi connectivity index (χ2v) is 9.36. The minimum atomic E-state index is -0.541. The Morgan fingerprint density at radius 3 is 2.25 bits per heavy atom. The second-order valence-electron chi connectivity index (χ2n) is 7.14. The van der Waals surface area contributed by atoms with Gasteiger partial charge in [0.1, 0.15) is 9.88 Å². The fourth-order valence-electron chi connectivity index (χ4n) is 3.43. The highest BCUT2D eigenvalue weighted by molar-refractivity contribution is 7.80. The van der Waals surface area contributed by atoms with E-state index in [9.17, 15) is 9.59 Å². The van der Waals surface area contributed by atoms with Crippen LogP contribution in [0.15, 0.2) is 18.2 Å². The maximum Gasteiger partial charge on any atom is 0.348 e. The van der Waals surface area contributed by atoms with E-state index in [4.69, 9.17) is 44.9 Å². The quantitative estimate of drug-likeness (QED) is 0.462. The van der Waals surface area contributed by atoms with Gasteiger partial charge in [-0.15, -0.1) is 11.3 Å². The average molecular weight is 516 g/mol. The predicted octanol–water partition coefficient (Wildman–Crippen LogP) is 4.45. The normalized spacial score (nSPS) is 14.2. The van der Waals surface area contributed by atoms with Crippen LogP contribution < -0.4 is 5.32 Å². The number of esters is 2. The standard InChI is InChI=1S/C21H23Cl2N3O4S2/c1-12-16(19(27)29-2)18(32-17(12)20(28)30-3)24-21(31)26-9-7-25(8-10-26)11-13-14(22)5-4-6-15(13)23/h4-6H,7-11H2,1-3H3,(H,24,31). The molecule has 0 saturated carbocycles. The summed E-state index contributed by atoms with van der Waals surface area (Å²) < 4.78 is 9.71. The molecule has 0 amide bonds. The molecule has 2 aromatic rings. The van der Waals surface area contributed by atoms with E-state index in [-0.39, 0.29) is 5.56 Å². The van der Waals surface area contributed by atoms with Crippen LogP contribution in [-0.4, -0.2) is 67.2 Å². The summed E-state index contributed by atoms with van der Waals surface area (Å²) in [5, 5.41) is 5.37. The van der Waals surface area contributed by atoms with Gasteiger partial charge in [-0.1, -0.05) is 29.3 Å². The zero-order valence-electron chi connectivity index (χ0n) is 17.9. The first kappa shape index (κ1) is 24.7. The number of carbonyl (C=O) groups is 2. The second kappa shape index (κ2) is 10.8. The van der Waals surface area contributed by atoms with Crippen molar-refractivity contribution in [1.29, 1.82) is 0 Å². The molecule has 0 unspecified atom stereocenters. The number of rotatable bonds is 5. The van der Waals surface area contributed by atoms with Gasteiger partial charge in [0.2, 0.25) is 0 Å². The number of methoxy groups -OCH3 is 2. The van der Waals surface area contributed by atoms with Crippen molar-refractivity contribution in [2.24, 2.45) is 0 Å². The zero-order valence-corrected chi connectivity index (χ0v) is 21.0. The van der Waals surface area contributed by atoms with Gasteiger partial charge in [0.25, 0.3) is 0 Å². The number of halogens is 2. The summed E-state index contributed by atoms with van der Waals surface area (Å²) in [4.78, 5) is 29.0. The van der Waals surface area contributed by atoms with Crippen LogP contribution in [-0.2, 0) is 16.0 Å². The van der Waals surface area contributed by atoms with E-state index in [0.717, 1.165) is 30.0 Å². The molecule has 1 aliphatic heterocycles. The predicted molar refractivity (Wildman–Crippen MR) is 131 cm³/mol. The highest BCUT2D eigenvalue weighted by Crippen LogP contribution is 2.34. The molecule has 0 atom stereocenters. The molecule has 1 aromatic heterocycles. The Labute approximate surface area is 206 Å². The summed E-state index contributed by atoms with van der Waals surface area (Å²) in [6.07, 6.45) is 0. The Morgan fingerprint density at radius 2 is 1.69 bits per heavy atom. The van der Waals surface area contributed by atoms with E-state index < -0.39 is 11.9 Å². The van der Waals surface area contributed by atoms with Crippen molar-refractivity contribution in [3.05, 3.63) is 49.8 Å². The Balaban J connectivity index is 1.67. The van der Waals surface area contributed by atoms with E-state index in [2.05, 4.69) is 10.2 Å². The van der Waals surface area contributed by atoms with Crippen LogP contribution in [0.4, 0.5) is 5.00 Å². The Kier molecular flexibility index (Phi) is 8.35. The average Bonchev–Trinajstić information content (AvgIpc) is 3.11. The molecular formula is C21H23Cl2N3O4S2. The number of hydrogen-bond acceptors (Lipinski definition) is 7. The molecule has 2 heterocycles. The Bertz CT molecular complexity index is 1020. The van der Waals surface area contributed by atoms with Gasteiger partial charge in [-0.3, -0.25) is 4.90 Å². The van der Waals surface area contributed by atoms with Gasteiger partial charge in [-0.25, -0.2) is 9.59 Å². The van der Waals surface area contributed by atoms with Crippen LogP contribution in [0.3, 0.4) is 0 Å². The van der Waals surface area contributed by atoms with Crippen LogP contribution in [0.25, 0.3) is 0 Å². The number of benzene rings is 1. The highest BCUT2D eigenvalue weighted by atomic mass is 35.5. The lowest BCUT2D eigenvalue weighted by Gasteiger charge is -2.36. The van der Waals surface area contributed by atoms with Crippen molar-refractivity contribution in [2.75, 3.05) is 45.7 Å². The molecule has 1 fully saturated rings. The van der Waals surface area contributed by atoms with Crippen LogP contribution in [0.2, 0.25) is 10.0 Å². The smallest absolute Gasteiger partial charge is 0.348 e. The summed E-state index contributed by atoms with van der Waals surface area (Å²) >= 11 is 19.3. The monoisotopic (exact) mass is 515 g/mol. The van der Waals surface area contributed by atoms with Crippen molar-refractivity contribution in [3.63, 3.8) is 0 Å². The molecule has 3 rings (SSSR count). The van der Waals surface area contributed by atoms with E-state index in [1.807, 2.05) is 23.1 Å². The number of carbonyl (C=O) groups excluding carboxylic acids is 2. The lowest BCUT2D eigenvalue weighted by molar-refractivity contribution is 0.0601. The Hall–Kier alpha value is -1.91. The SMILES string of the molecule is COC(=O)c1sc(NC(=S)N2CCN(Cc3c(Cl)cccc3Cl)CC2)c(C(=O)OC)c1C. The minimum Gasteiger partial charge on any atom is -0.465 e. The van der Waals surface area contributed by atoms with Crippen LogP contribution in [0.5, 0.6) is 0 Å². The number of piperazine rings is 1. The van der Waals surface area contributed by atoms with E-state index in [1.54, 1.807) is 6.92 Å². The number of anilines is 1. The molecule has 0 radical (unpaired) electrons. The van der Waals surface area contributed by atoms with Gasteiger partial charge >= 0.3 is 11.9 Å². The van der Waals surface area contributed by atoms with Crippen LogP contribution in [0, 0.1) is 6.92 Å². The summed E-state index contributed by atoms with van der Waals surface area (Å²) in [5.74, 6) is -1.05. The van der Waals surface area contributed by atoms with E-state index >= 15 is 0 Å². The van der Waals surface area contributed by atoms with Crippen molar-refractivity contribution in [3.8, 4) is 0 Å². The van der Waals surface area contributed by atoms with Crippen LogP contribution in [0.1, 0.15) is 31.2 Å². The zero-order chi connectivity index (χ0) is 23.4. The largest absolute Gasteiger partial charge is 0.465 e. The molecule has 0 aliphatic carbocycles. The van der Waals surface area contributed by atoms with E-state index in [0.29, 0.717) is 50.2 Å². The lowest BCUT2D eigenvalue weighted by Crippen LogP contribution is -2.49. The van der Waals surface area contributed by atoms with Crippen LogP contribution >= 0.6 is 46.8 Å². The van der Waals surface area contributed by atoms with Gasteiger partial charge in [0.15, 0.2) is 5.11 Å². The van der Waals surface area contributed by atoms with Gasteiger partial charge in [0, 0.05) is 48.3 Å². The number of thiophene rings is 1. The fraction of sp³-hybridized carbons (Fsp3) is 0.381. The number of nitrogens with one attached hydrogen (secondary N) is 1. The summed E-state index contributed by atoms with van der Waals surface area (Å²) in [6.45, 7) is 5.26. The van der Waals surface area contributed by atoms with Gasteiger partial charge in [-0.05, 0) is 36.8 Å². The van der Waals surface area contributed by atoms with Gasteiger partial charge in [-0.2, -0.15) is 0 Å². The lowest BCUT2D eigenvalue weighted by atomic mass is 10.1. The molecule has 1 aliphatic rings. The van der Waals surface area contributed by atoms with Crippen molar-refractivity contribution >= 4 is 68.8 Å². The molecule has 1 N–H and O–H groups in total. The van der Waals surface area contributed by atoms with Crippen molar-refractivity contribution in [2.45, 2.75) is 13.5 Å². The van der Waals surface area contributed by atoms with Crippen molar-refractivity contribution < 1.29 is 19.1 Å². The van der Waals surface area contributed by atoms with E-state index in [1.165, 1.54) is 14.2 Å². The molecule has 0 bridgehead atoms. The molecule has 11 heteroatoms. The topological polar surface area (TPSA) is 71.1 Å². The maximum atomic E-state index is 12.3. The first-order valence-electron chi connectivity index (χ1n) is 9.78. The molecular weight excluding hydrogens is 493 g/mol. The minimum absolute atomic E-state index is 0.284. The van der Waals surface area contributed by atoms with Crippen molar-refractivity contribution in [1.82, 2.24) is 9.80 Å². The molecule has 1 saturated heterocycles. The Morgan fingerprint density at radius 1 is 1.09 bits per heavy atom. The highest BCUT2D eigenvalue weighted by Gasteiger charge is 2.28. The molecule has 172 valence electrons. The summed E-state index contributed by atoms with van der Waals surface area (Å²) in [7, 11) is 2.59. The molecule has 32 heavy (non-hydrogen) atoms. The third-order valence-electron chi connectivity index (χ3n) is 5.23. The molecule has 1 aromatic carbocycles. The molecule has 0 spiro atoms. The third kappa shape index (κ3) is 5.35. The third-order valence-corrected chi connectivity index (χ3v) is 7.49. The van der Waals surface area contributed by atoms with Gasteiger partial charge in [0.05, 0.1) is 19.8 Å². The number of nitrogens with zero attached hydrogens (tertiary/aromatic N) is 2. The fourth-order valence-corrected chi connectivity index (χ4v) is 5.41. The number of thiocarbonyl (C=S) groups is 1. The summed E-state index contributed by atoms with van der Waals surface area (Å²) in [5.41, 5.74) is 1.70.